The van der Waals surface area contributed by atoms with E-state index in [0.29, 0.717) is 25.3 Å². The highest BCUT2D eigenvalue weighted by atomic mass is 16.2. The van der Waals surface area contributed by atoms with Crippen molar-refractivity contribution in [1.82, 2.24) is 4.90 Å². The fourth-order valence-corrected chi connectivity index (χ4v) is 2.71. The third kappa shape index (κ3) is 2.65. The zero-order valence-electron chi connectivity index (χ0n) is 9.85. The van der Waals surface area contributed by atoms with Crippen LogP contribution in [0, 0.1) is 11.8 Å². The van der Waals surface area contributed by atoms with E-state index in [9.17, 15) is 14.4 Å². The fourth-order valence-electron chi connectivity index (χ4n) is 2.71. The molecular weight excluding hydrogens is 220 g/mol. The Labute approximate surface area is 100 Å². The maximum absolute atomic E-state index is 11.5. The van der Waals surface area contributed by atoms with Gasteiger partial charge in [0.05, 0.1) is 0 Å². The molecular formula is C12H18N2O3. The number of carbonyl (C=O) groups is 3. The van der Waals surface area contributed by atoms with E-state index < -0.39 is 0 Å². The van der Waals surface area contributed by atoms with Crippen LogP contribution in [0.25, 0.3) is 0 Å². The number of nitrogens with zero attached hydrogens (tertiary/aromatic N) is 1. The van der Waals surface area contributed by atoms with Gasteiger partial charge in [0, 0.05) is 25.3 Å². The van der Waals surface area contributed by atoms with Crippen molar-refractivity contribution in [2.24, 2.45) is 17.6 Å². The second kappa shape index (κ2) is 4.85. The second-order valence-electron chi connectivity index (χ2n) is 5.02. The summed E-state index contributed by atoms with van der Waals surface area (Å²) < 4.78 is 0. The SMILES string of the molecule is NC(=O)C1CCC(CN2C(=O)CCC2=O)CC1. The number of rotatable bonds is 3. The highest BCUT2D eigenvalue weighted by Gasteiger charge is 2.32. The first-order valence-electron chi connectivity index (χ1n) is 6.20. The van der Waals surface area contributed by atoms with E-state index in [4.69, 9.17) is 5.73 Å². The summed E-state index contributed by atoms with van der Waals surface area (Å²) >= 11 is 0. The van der Waals surface area contributed by atoms with Gasteiger partial charge in [-0.15, -0.1) is 0 Å². The molecule has 3 amide bonds. The second-order valence-corrected chi connectivity index (χ2v) is 5.02. The van der Waals surface area contributed by atoms with Crippen molar-refractivity contribution in [2.45, 2.75) is 38.5 Å². The molecule has 0 bridgehead atoms. The third-order valence-electron chi connectivity index (χ3n) is 3.84. The van der Waals surface area contributed by atoms with E-state index >= 15 is 0 Å². The summed E-state index contributed by atoms with van der Waals surface area (Å²) in [6.45, 7) is 0.531. The smallest absolute Gasteiger partial charge is 0.229 e. The van der Waals surface area contributed by atoms with Crippen LogP contribution in [0.4, 0.5) is 0 Å². The minimum atomic E-state index is -0.225. The third-order valence-corrected chi connectivity index (χ3v) is 3.84. The molecule has 2 aliphatic rings. The van der Waals surface area contributed by atoms with Gasteiger partial charge in [-0.25, -0.2) is 0 Å². The van der Waals surface area contributed by atoms with Crippen LogP contribution >= 0.6 is 0 Å². The van der Waals surface area contributed by atoms with Crippen LogP contribution in [-0.4, -0.2) is 29.2 Å². The lowest BCUT2D eigenvalue weighted by Gasteiger charge is -2.29. The number of imide groups is 1. The van der Waals surface area contributed by atoms with Crippen molar-refractivity contribution in [3.63, 3.8) is 0 Å². The Balaban J connectivity index is 1.84. The molecule has 0 atom stereocenters. The van der Waals surface area contributed by atoms with Gasteiger partial charge in [0.2, 0.25) is 17.7 Å². The van der Waals surface area contributed by atoms with Crippen molar-refractivity contribution in [1.29, 1.82) is 0 Å². The van der Waals surface area contributed by atoms with Crippen LogP contribution in [0.2, 0.25) is 0 Å². The Morgan fingerprint density at radius 3 is 2.12 bits per heavy atom. The van der Waals surface area contributed by atoms with E-state index in [1.165, 1.54) is 4.90 Å². The summed E-state index contributed by atoms with van der Waals surface area (Å²) in [5, 5.41) is 0. The van der Waals surface area contributed by atoms with Crippen LogP contribution in [0.5, 0.6) is 0 Å². The average molecular weight is 238 g/mol. The highest BCUT2D eigenvalue weighted by Crippen LogP contribution is 2.30. The first-order chi connectivity index (χ1) is 8.08. The zero-order chi connectivity index (χ0) is 12.4. The normalized spacial score (nSPS) is 29.8. The Morgan fingerprint density at radius 2 is 1.65 bits per heavy atom. The summed E-state index contributed by atoms with van der Waals surface area (Å²) in [5.74, 6) is 0.00339. The van der Waals surface area contributed by atoms with E-state index in [-0.39, 0.29) is 23.6 Å². The molecule has 5 nitrogen and oxygen atoms in total. The standard InChI is InChI=1S/C12H18N2O3/c13-12(17)9-3-1-8(2-4-9)7-14-10(15)5-6-11(14)16/h8-9H,1-7H2,(H2,13,17). The number of nitrogens with two attached hydrogens (primary N) is 1. The first-order valence-corrected chi connectivity index (χ1v) is 6.20. The molecule has 17 heavy (non-hydrogen) atoms. The summed E-state index contributed by atoms with van der Waals surface area (Å²) in [5.41, 5.74) is 5.26. The number of hydrogen-bond donors (Lipinski definition) is 1. The molecule has 0 radical (unpaired) electrons. The maximum Gasteiger partial charge on any atom is 0.229 e. The zero-order valence-corrected chi connectivity index (χ0v) is 9.85. The molecule has 2 rings (SSSR count). The van der Waals surface area contributed by atoms with Crippen LogP contribution in [0.3, 0.4) is 0 Å². The molecule has 0 spiro atoms. The van der Waals surface area contributed by atoms with Gasteiger partial charge in [0.25, 0.3) is 0 Å². The number of hydrogen-bond acceptors (Lipinski definition) is 3. The first kappa shape index (κ1) is 12.1. The van der Waals surface area contributed by atoms with Gasteiger partial charge in [-0.2, -0.15) is 0 Å². The van der Waals surface area contributed by atoms with Gasteiger partial charge < -0.3 is 5.73 Å². The summed E-state index contributed by atoms with van der Waals surface area (Å²) in [7, 11) is 0. The lowest BCUT2D eigenvalue weighted by atomic mass is 9.81. The molecule has 1 heterocycles. The molecule has 0 aromatic rings. The monoisotopic (exact) mass is 238 g/mol. The molecule has 1 aliphatic heterocycles. The predicted octanol–water partition coefficient (Wildman–Crippen LogP) is 0.427. The molecule has 0 unspecified atom stereocenters. The molecule has 0 aromatic carbocycles. The average Bonchev–Trinajstić information content (AvgIpc) is 2.61. The van der Waals surface area contributed by atoms with E-state index in [1.807, 2.05) is 0 Å². The van der Waals surface area contributed by atoms with Gasteiger partial charge in [-0.05, 0) is 31.6 Å². The van der Waals surface area contributed by atoms with Crippen molar-refractivity contribution >= 4 is 17.7 Å². The number of primary amides is 1. The van der Waals surface area contributed by atoms with Gasteiger partial charge in [-0.3, -0.25) is 19.3 Å². The predicted molar refractivity (Wildman–Crippen MR) is 60.6 cm³/mol. The molecule has 1 saturated carbocycles. The minimum absolute atomic E-state index is 0.0174. The summed E-state index contributed by atoms with van der Waals surface area (Å²) in [4.78, 5) is 35.3. The minimum Gasteiger partial charge on any atom is -0.369 e. The van der Waals surface area contributed by atoms with Gasteiger partial charge in [0.15, 0.2) is 0 Å². The lowest BCUT2D eigenvalue weighted by Crippen LogP contribution is -2.36. The van der Waals surface area contributed by atoms with E-state index in [2.05, 4.69) is 0 Å². The summed E-state index contributed by atoms with van der Waals surface area (Å²) in [6, 6.07) is 0. The molecule has 1 saturated heterocycles. The quantitative estimate of drug-likeness (QED) is 0.724. The Hall–Kier alpha value is -1.39. The van der Waals surface area contributed by atoms with Crippen LogP contribution < -0.4 is 5.73 Å². The van der Waals surface area contributed by atoms with Crippen molar-refractivity contribution in [3.8, 4) is 0 Å². The highest BCUT2D eigenvalue weighted by molar-refractivity contribution is 6.01. The molecule has 0 aromatic heterocycles. The number of amides is 3. The van der Waals surface area contributed by atoms with Crippen molar-refractivity contribution < 1.29 is 14.4 Å². The number of likely N-dealkylation sites (tertiary alicyclic amines) is 1. The van der Waals surface area contributed by atoms with Gasteiger partial charge >= 0.3 is 0 Å². The maximum atomic E-state index is 11.5. The molecule has 2 N–H and O–H groups in total. The Kier molecular flexibility index (Phi) is 3.45. The van der Waals surface area contributed by atoms with Crippen molar-refractivity contribution in [3.05, 3.63) is 0 Å². The molecule has 1 aliphatic carbocycles. The summed E-state index contributed by atoms with van der Waals surface area (Å²) in [6.07, 6.45) is 4.05. The van der Waals surface area contributed by atoms with Gasteiger partial charge in [-0.1, -0.05) is 0 Å². The fraction of sp³-hybridized carbons (Fsp3) is 0.750. The largest absolute Gasteiger partial charge is 0.369 e. The van der Waals surface area contributed by atoms with Crippen molar-refractivity contribution in [2.75, 3.05) is 6.54 Å². The molecule has 2 fully saturated rings. The van der Waals surface area contributed by atoms with Crippen LogP contribution in [0.15, 0.2) is 0 Å². The van der Waals surface area contributed by atoms with Crippen LogP contribution in [-0.2, 0) is 14.4 Å². The molecule has 5 heteroatoms. The van der Waals surface area contributed by atoms with E-state index in [0.717, 1.165) is 25.7 Å². The van der Waals surface area contributed by atoms with Gasteiger partial charge in [0.1, 0.15) is 0 Å². The van der Waals surface area contributed by atoms with E-state index in [1.54, 1.807) is 0 Å². The topological polar surface area (TPSA) is 80.5 Å². The van der Waals surface area contributed by atoms with Crippen LogP contribution in [0.1, 0.15) is 38.5 Å². The number of carbonyl (C=O) groups excluding carboxylic acids is 3. The lowest BCUT2D eigenvalue weighted by molar-refractivity contribution is -0.139. The molecule has 94 valence electrons. The Morgan fingerprint density at radius 1 is 1.12 bits per heavy atom. The Bertz CT molecular complexity index is 330.